The Kier molecular flexibility index (Phi) is 4.79. The highest BCUT2D eigenvalue weighted by atomic mass is 127. The molecule has 2 unspecified atom stereocenters. The van der Waals surface area contributed by atoms with Gasteiger partial charge in [-0.2, -0.15) is 0 Å². The molecule has 4 heterocycles. The summed E-state index contributed by atoms with van der Waals surface area (Å²) in [5.41, 5.74) is 5.98. The minimum atomic E-state index is 0.150. The van der Waals surface area contributed by atoms with Gasteiger partial charge < -0.3 is 9.71 Å². The highest BCUT2D eigenvalue weighted by Crippen LogP contribution is 2.85. The average Bonchev–Trinajstić information content (AvgIpc) is 3.29. The molecular weight excluding hydrogens is 578 g/mol. The lowest BCUT2D eigenvalue weighted by molar-refractivity contribution is -0.312. The van der Waals surface area contributed by atoms with E-state index in [1.165, 1.54) is 41.1 Å². The summed E-state index contributed by atoms with van der Waals surface area (Å²) in [7, 11) is 4.33. The average molecular weight is 615 g/mol. The fourth-order valence-corrected chi connectivity index (χ4v) is 12.6. The SMILES string of the molecule is C[B]N(C)CCN(CI)c1nc([C@@]23C4C[C@@H]5NN6C7CC[C@@H]2[C@@H](C)[C@H]3[C@]5(C)[C@]6(C)[C@@H]74)nc2ccsc12. The molecule has 7 fully saturated rings. The zero-order valence-electron chi connectivity index (χ0n) is 22.0. The maximum Gasteiger partial charge on any atom is 0.204 e. The van der Waals surface area contributed by atoms with Crippen molar-refractivity contribution in [2.45, 2.75) is 69.9 Å². The molecule has 2 aromatic heterocycles. The second-order valence-corrected chi connectivity index (χ2v) is 14.6. The number of anilines is 1. The van der Waals surface area contributed by atoms with Crippen LogP contribution >= 0.6 is 33.9 Å². The van der Waals surface area contributed by atoms with Gasteiger partial charge in [0.1, 0.15) is 5.82 Å². The Balaban J connectivity index is 1.31. The summed E-state index contributed by atoms with van der Waals surface area (Å²) < 4.78 is 2.21. The molecule has 1 radical (unpaired) electrons. The van der Waals surface area contributed by atoms with E-state index in [4.69, 9.17) is 9.97 Å². The fraction of sp³-hybridized carbons (Fsp3) is 0.778. The summed E-state index contributed by atoms with van der Waals surface area (Å²) >= 11 is 4.34. The summed E-state index contributed by atoms with van der Waals surface area (Å²) in [6, 6.07) is 3.57. The number of rotatable bonds is 7. The third kappa shape index (κ3) is 2.29. The summed E-state index contributed by atoms with van der Waals surface area (Å²) in [6.07, 6.45) is 3.97. The van der Waals surface area contributed by atoms with Gasteiger partial charge in [0.25, 0.3) is 0 Å². The van der Waals surface area contributed by atoms with Gasteiger partial charge in [0, 0.05) is 41.5 Å². The third-order valence-corrected chi connectivity index (χ3v) is 14.3. The molecule has 7 aliphatic rings. The number of nitrogens with one attached hydrogen (secondary N) is 1. The first-order chi connectivity index (χ1) is 17.3. The number of aromatic nitrogens is 2. The number of halogens is 1. The number of thiophene rings is 1. The van der Waals surface area contributed by atoms with Gasteiger partial charge in [-0.1, -0.05) is 43.3 Å². The lowest BCUT2D eigenvalue weighted by atomic mass is 9.24. The molecule has 6 nitrogen and oxygen atoms in total. The predicted octanol–water partition coefficient (Wildman–Crippen LogP) is 4.39. The molecule has 2 aromatic rings. The molecule has 36 heavy (non-hydrogen) atoms. The Bertz CT molecular complexity index is 1260. The van der Waals surface area contributed by atoms with Crippen LogP contribution in [0.15, 0.2) is 11.4 Å². The van der Waals surface area contributed by atoms with Crippen LogP contribution in [-0.4, -0.2) is 69.5 Å². The van der Waals surface area contributed by atoms with Crippen molar-refractivity contribution in [2.75, 3.05) is 29.6 Å². The summed E-state index contributed by atoms with van der Waals surface area (Å²) in [6.45, 7) is 11.9. The van der Waals surface area contributed by atoms with Crippen molar-refractivity contribution in [2.24, 2.45) is 35.0 Å². The molecule has 6 bridgehead atoms. The monoisotopic (exact) mass is 615 g/mol. The molecule has 10 atom stereocenters. The molecule has 2 saturated heterocycles. The van der Waals surface area contributed by atoms with Gasteiger partial charge in [-0.05, 0) is 74.3 Å². The van der Waals surface area contributed by atoms with Crippen LogP contribution in [0, 0.1) is 35.0 Å². The number of hydrazine groups is 1. The van der Waals surface area contributed by atoms with Crippen LogP contribution in [0.1, 0.15) is 45.9 Å². The van der Waals surface area contributed by atoms with Gasteiger partial charge >= 0.3 is 0 Å². The van der Waals surface area contributed by atoms with Gasteiger partial charge in [0.05, 0.1) is 14.8 Å². The molecule has 9 rings (SSSR count). The highest BCUT2D eigenvalue weighted by molar-refractivity contribution is 14.1. The van der Waals surface area contributed by atoms with Gasteiger partial charge in [0.2, 0.25) is 7.41 Å². The van der Waals surface area contributed by atoms with Crippen LogP contribution in [0.5, 0.6) is 0 Å². The van der Waals surface area contributed by atoms with E-state index in [1.54, 1.807) is 0 Å². The minimum absolute atomic E-state index is 0.150. The van der Waals surface area contributed by atoms with E-state index in [1.807, 2.05) is 11.3 Å². The molecule has 9 heteroatoms. The molecule has 0 amide bonds. The van der Waals surface area contributed by atoms with E-state index in [9.17, 15) is 0 Å². The van der Waals surface area contributed by atoms with E-state index < -0.39 is 0 Å². The van der Waals surface area contributed by atoms with Gasteiger partial charge in [0.15, 0.2) is 5.82 Å². The van der Waals surface area contributed by atoms with Crippen molar-refractivity contribution < 1.29 is 0 Å². The second kappa shape index (κ2) is 7.37. The highest BCUT2D eigenvalue weighted by Gasteiger charge is 2.91. The number of fused-ring (bicyclic) bond motifs is 2. The van der Waals surface area contributed by atoms with E-state index in [0.29, 0.717) is 34.9 Å². The molecule has 5 aliphatic carbocycles. The topological polar surface area (TPSA) is 47.5 Å². The summed E-state index contributed by atoms with van der Waals surface area (Å²) in [5.74, 6) is 6.01. The van der Waals surface area contributed by atoms with Crippen molar-refractivity contribution in [1.82, 2.24) is 25.2 Å². The van der Waals surface area contributed by atoms with E-state index in [0.717, 1.165) is 35.4 Å². The number of alkyl halides is 1. The molecular formula is C27H37BIN6S. The van der Waals surface area contributed by atoms with E-state index >= 15 is 0 Å². The predicted molar refractivity (Wildman–Crippen MR) is 156 cm³/mol. The molecule has 1 N–H and O–H groups in total. The third-order valence-electron chi connectivity index (χ3n) is 12.5. The zero-order valence-corrected chi connectivity index (χ0v) is 25.0. The van der Waals surface area contributed by atoms with Crippen molar-refractivity contribution in [3.8, 4) is 0 Å². The quantitative estimate of drug-likeness (QED) is 0.216. The van der Waals surface area contributed by atoms with E-state index in [2.05, 4.69) is 96.2 Å². The Hall–Kier alpha value is -0.485. The first-order valence-corrected chi connectivity index (χ1v) is 16.4. The number of likely N-dealkylation sites (N-methyl/N-ethyl adjacent to an activating group) is 1. The number of nitrogens with zero attached hydrogens (tertiary/aromatic N) is 5. The fourth-order valence-electron chi connectivity index (χ4n) is 11.1. The van der Waals surface area contributed by atoms with Crippen LogP contribution in [-0.2, 0) is 5.41 Å². The van der Waals surface area contributed by atoms with Crippen LogP contribution in [0.3, 0.4) is 0 Å². The lowest BCUT2D eigenvalue weighted by Crippen LogP contribution is -2.87. The number of hydrogen-bond donors (Lipinski definition) is 1. The molecule has 2 aliphatic heterocycles. The van der Waals surface area contributed by atoms with Crippen molar-refractivity contribution in [1.29, 1.82) is 0 Å². The Morgan fingerprint density at radius 1 is 1.25 bits per heavy atom. The minimum Gasteiger partial charge on any atom is -0.348 e. The van der Waals surface area contributed by atoms with Crippen LogP contribution in [0.4, 0.5) is 5.82 Å². The molecule has 191 valence electrons. The standard InChI is InChI=1S/C27H37BIN6S/c1-14-15-6-7-18-20-16-12-19-25(2,26(20,3)35(18)32-19)22(14)27(15,16)24-30-17-8-11-36-21(17)23(31-24)34(13-29)10-9-33(5)28-4/h8,11,14-16,18-20,22,32H,6-7,9-10,12-13H2,1-5H3/t14-,15-,16?,18?,19+,20-,22+,25-,26+,27-/m1/s1. The maximum absolute atomic E-state index is 5.65. The van der Waals surface area contributed by atoms with Gasteiger partial charge in [-0.3, -0.25) is 5.43 Å². The molecule has 0 spiro atoms. The first kappa shape index (κ1) is 23.4. The molecule has 0 aromatic carbocycles. The largest absolute Gasteiger partial charge is 0.348 e. The number of hydrogen-bond acceptors (Lipinski definition) is 7. The van der Waals surface area contributed by atoms with Crippen molar-refractivity contribution >= 4 is 57.4 Å². The van der Waals surface area contributed by atoms with Gasteiger partial charge in [-0.25, -0.2) is 15.0 Å². The first-order valence-electron chi connectivity index (χ1n) is 13.9. The summed E-state index contributed by atoms with van der Waals surface area (Å²) in [5, 5.41) is 4.96. The Morgan fingerprint density at radius 2 is 2.08 bits per heavy atom. The Labute approximate surface area is 233 Å². The van der Waals surface area contributed by atoms with Crippen molar-refractivity contribution in [3.63, 3.8) is 0 Å². The smallest absolute Gasteiger partial charge is 0.204 e. The summed E-state index contributed by atoms with van der Waals surface area (Å²) in [4.78, 5) is 15.9. The van der Waals surface area contributed by atoms with Gasteiger partial charge in [-0.15, -0.1) is 11.3 Å². The molecule has 5 saturated carbocycles. The zero-order chi connectivity index (χ0) is 24.8. The maximum atomic E-state index is 5.65. The van der Waals surface area contributed by atoms with Crippen LogP contribution in [0.2, 0.25) is 6.82 Å². The second-order valence-electron chi connectivity index (χ2n) is 13.0. The van der Waals surface area contributed by atoms with E-state index in [-0.39, 0.29) is 5.41 Å². The normalized spacial score (nSPS) is 47.2. The van der Waals surface area contributed by atoms with Crippen LogP contribution < -0.4 is 10.3 Å². The van der Waals surface area contributed by atoms with Crippen molar-refractivity contribution in [3.05, 3.63) is 17.3 Å². The van der Waals surface area contributed by atoms with Crippen LogP contribution in [0.25, 0.3) is 10.2 Å². The Morgan fingerprint density at radius 3 is 2.86 bits per heavy atom. The lowest BCUT2D eigenvalue weighted by Gasteiger charge is -2.81.